The highest BCUT2D eigenvalue weighted by molar-refractivity contribution is 6.35. The van der Waals surface area contributed by atoms with Crippen LogP contribution in [-0.4, -0.2) is 34.0 Å². The van der Waals surface area contributed by atoms with Crippen molar-refractivity contribution < 1.29 is 29.3 Å². The number of rotatable bonds is 7. The average molecular weight is 343 g/mol. The molecule has 0 aliphatic carbocycles. The Bertz CT molecular complexity index is 757. The largest absolute Gasteiger partial charge is 0.480 e. The molecule has 0 aliphatic heterocycles. The normalized spacial score (nSPS) is 12.9. The molecule has 0 bridgehead atoms. The topological polar surface area (TPSA) is 127 Å². The molecule has 4 N–H and O–H groups in total. The minimum absolute atomic E-state index is 0.103. The van der Waals surface area contributed by atoms with Crippen molar-refractivity contribution in [2.45, 2.75) is 18.6 Å². The highest BCUT2D eigenvalue weighted by Gasteiger charge is 2.26. The molecule has 0 amide bonds. The Balaban J connectivity index is 1.98. The molecule has 25 heavy (non-hydrogen) atoms. The molecular formula is C18H17NO6. The molecule has 7 nitrogen and oxygen atoms in total. The van der Waals surface area contributed by atoms with Crippen LogP contribution in [0.4, 0.5) is 0 Å². The number of hydrogen-bond acceptors (Lipinski definition) is 6. The number of aliphatic carboxylic acids is 1. The second kappa shape index (κ2) is 8.18. The summed E-state index contributed by atoms with van der Waals surface area (Å²) in [7, 11) is 0. The second-order valence-corrected chi connectivity index (χ2v) is 5.36. The van der Waals surface area contributed by atoms with E-state index in [1.54, 1.807) is 30.3 Å². The van der Waals surface area contributed by atoms with Crippen LogP contribution >= 0.6 is 0 Å². The van der Waals surface area contributed by atoms with E-state index in [1.165, 1.54) is 24.3 Å². The zero-order valence-electron chi connectivity index (χ0n) is 13.2. The fourth-order valence-corrected chi connectivity index (χ4v) is 2.09. The molecule has 0 aromatic heterocycles. The molecular weight excluding hydrogens is 326 g/mol. The average Bonchev–Trinajstić information content (AvgIpc) is 2.62. The first-order valence-corrected chi connectivity index (χ1v) is 7.45. The number of carboxylic acids is 1. The number of hydrogen-bond donors (Lipinski definition) is 3. The van der Waals surface area contributed by atoms with Gasteiger partial charge in [0.25, 0.3) is 5.78 Å². The molecule has 0 radical (unpaired) electrons. The van der Waals surface area contributed by atoms with E-state index in [-0.39, 0.29) is 12.2 Å². The van der Waals surface area contributed by atoms with E-state index < -0.39 is 29.9 Å². The maximum absolute atomic E-state index is 11.9. The number of carbonyl (C=O) groups is 3. The fourth-order valence-electron chi connectivity index (χ4n) is 2.09. The lowest BCUT2D eigenvalue weighted by Gasteiger charge is -2.10. The van der Waals surface area contributed by atoms with Crippen LogP contribution in [-0.2, 0) is 20.8 Å². The van der Waals surface area contributed by atoms with Crippen LogP contribution in [0.25, 0.3) is 0 Å². The molecule has 2 aromatic carbocycles. The molecule has 2 unspecified atom stereocenters. The zero-order valence-corrected chi connectivity index (χ0v) is 13.2. The summed E-state index contributed by atoms with van der Waals surface area (Å²) in [6.07, 6.45) is -1.48. The second-order valence-electron chi connectivity index (χ2n) is 5.36. The van der Waals surface area contributed by atoms with Crippen LogP contribution in [0.1, 0.15) is 17.2 Å². The summed E-state index contributed by atoms with van der Waals surface area (Å²) in [5.41, 5.74) is 6.38. The van der Waals surface area contributed by atoms with Gasteiger partial charge in [-0.2, -0.15) is 0 Å². The van der Waals surface area contributed by atoms with Gasteiger partial charge < -0.3 is 20.7 Å². The Morgan fingerprint density at radius 1 is 1.00 bits per heavy atom. The summed E-state index contributed by atoms with van der Waals surface area (Å²) in [6.45, 7) is 0. The molecule has 2 aromatic rings. The molecule has 130 valence electrons. The lowest BCUT2D eigenvalue weighted by molar-refractivity contribution is -0.151. The predicted octanol–water partition coefficient (Wildman–Crippen LogP) is 0.849. The smallest absolute Gasteiger partial charge is 0.383 e. The Hall–Kier alpha value is -3.03. The monoisotopic (exact) mass is 343 g/mol. The van der Waals surface area contributed by atoms with E-state index in [4.69, 9.17) is 15.6 Å². The summed E-state index contributed by atoms with van der Waals surface area (Å²) in [6, 6.07) is 12.9. The lowest BCUT2D eigenvalue weighted by Crippen LogP contribution is -2.32. The summed E-state index contributed by atoms with van der Waals surface area (Å²) >= 11 is 0. The zero-order chi connectivity index (χ0) is 18.4. The third-order valence-electron chi connectivity index (χ3n) is 3.47. The summed E-state index contributed by atoms with van der Waals surface area (Å²) < 4.78 is 4.93. The maximum atomic E-state index is 11.9. The van der Waals surface area contributed by atoms with Gasteiger partial charge in [-0.3, -0.25) is 9.59 Å². The van der Waals surface area contributed by atoms with Gasteiger partial charge in [0.15, 0.2) is 0 Å². The van der Waals surface area contributed by atoms with E-state index in [9.17, 15) is 19.5 Å². The number of aliphatic hydroxyl groups excluding tert-OH is 1. The summed E-state index contributed by atoms with van der Waals surface area (Å²) in [4.78, 5) is 34.5. The van der Waals surface area contributed by atoms with Crippen LogP contribution in [0, 0.1) is 0 Å². The third-order valence-corrected chi connectivity index (χ3v) is 3.47. The maximum Gasteiger partial charge on any atom is 0.383 e. The van der Waals surface area contributed by atoms with Gasteiger partial charge in [0.1, 0.15) is 17.9 Å². The van der Waals surface area contributed by atoms with E-state index >= 15 is 0 Å². The van der Waals surface area contributed by atoms with Crippen molar-refractivity contribution in [2.24, 2.45) is 5.73 Å². The number of aliphatic hydroxyl groups is 1. The number of carbonyl (C=O) groups excluding carboxylic acids is 2. The number of carboxylic acid groups (broad SMARTS) is 1. The standard InChI is InChI=1S/C18H17NO6/c19-14(17(22)23)10-11-6-8-13(9-7-11)25-18(24)16(21)15(20)12-4-2-1-3-5-12/h1-9,14-15,20H,10,19H2,(H,22,23). The quantitative estimate of drug-likeness (QED) is 0.386. The molecule has 0 saturated carbocycles. The van der Waals surface area contributed by atoms with Gasteiger partial charge >= 0.3 is 11.9 Å². The van der Waals surface area contributed by atoms with E-state index in [2.05, 4.69) is 0 Å². The molecule has 0 spiro atoms. The Labute approximate surface area is 143 Å². The van der Waals surface area contributed by atoms with Crippen molar-refractivity contribution in [3.05, 3.63) is 65.7 Å². The third kappa shape index (κ3) is 4.97. The Kier molecular flexibility index (Phi) is 5.99. The number of ether oxygens (including phenoxy) is 1. The summed E-state index contributed by atoms with van der Waals surface area (Å²) in [5.74, 6) is -3.28. The van der Waals surface area contributed by atoms with Gasteiger partial charge in [-0.15, -0.1) is 0 Å². The van der Waals surface area contributed by atoms with Crippen molar-refractivity contribution in [3.8, 4) is 5.75 Å². The molecule has 7 heteroatoms. The van der Waals surface area contributed by atoms with Gasteiger partial charge in [0.2, 0.25) is 0 Å². The first kappa shape index (κ1) is 18.3. The van der Waals surface area contributed by atoms with Crippen LogP contribution < -0.4 is 10.5 Å². The van der Waals surface area contributed by atoms with Gasteiger partial charge in [-0.1, -0.05) is 42.5 Å². The lowest BCUT2D eigenvalue weighted by atomic mass is 10.1. The molecule has 2 atom stereocenters. The number of esters is 1. The fraction of sp³-hybridized carbons (Fsp3) is 0.167. The Morgan fingerprint density at radius 2 is 1.60 bits per heavy atom. The predicted molar refractivity (Wildman–Crippen MR) is 87.8 cm³/mol. The minimum Gasteiger partial charge on any atom is -0.480 e. The van der Waals surface area contributed by atoms with Gasteiger partial charge in [-0.05, 0) is 29.7 Å². The number of nitrogens with two attached hydrogens (primary N) is 1. The number of ketones is 1. The first-order chi connectivity index (χ1) is 11.9. The van der Waals surface area contributed by atoms with E-state index in [0.29, 0.717) is 11.1 Å². The molecule has 0 fully saturated rings. The number of benzene rings is 2. The minimum atomic E-state index is -1.60. The first-order valence-electron chi connectivity index (χ1n) is 7.45. The highest BCUT2D eigenvalue weighted by atomic mass is 16.5. The van der Waals surface area contributed by atoms with Crippen LogP contribution in [0.15, 0.2) is 54.6 Å². The molecule has 2 rings (SSSR count). The molecule has 0 aliphatic rings. The molecule has 0 heterocycles. The van der Waals surface area contributed by atoms with Crippen molar-refractivity contribution in [1.29, 1.82) is 0 Å². The molecule has 0 saturated heterocycles. The van der Waals surface area contributed by atoms with Crippen LogP contribution in [0.5, 0.6) is 5.75 Å². The SMILES string of the molecule is NC(Cc1ccc(OC(=O)C(=O)C(O)c2ccccc2)cc1)C(=O)O. The van der Waals surface area contributed by atoms with Gasteiger partial charge in [0, 0.05) is 0 Å². The van der Waals surface area contributed by atoms with Crippen molar-refractivity contribution >= 4 is 17.7 Å². The Morgan fingerprint density at radius 3 is 2.16 bits per heavy atom. The van der Waals surface area contributed by atoms with Crippen LogP contribution in [0.3, 0.4) is 0 Å². The van der Waals surface area contributed by atoms with E-state index in [0.717, 1.165) is 0 Å². The van der Waals surface area contributed by atoms with Crippen molar-refractivity contribution in [3.63, 3.8) is 0 Å². The van der Waals surface area contributed by atoms with E-state index in [1.807, 2.05) is 0 Å². The van der Waals surface area contributed by atoms with Gasteiger partial charge in [0.05, 0.1) is 0 Å². The van der Waals surface area contributed by atoms with Gasteiger partial charge in [-0.25, -0.2) is 4.79 Å². The van der Waals surface area contributed by atoms with Crippen molar-refractivity contribution in [1.82, 2.24) is 0 Å². The highest BCUT2D eigenvalue weighted by Crippen LogP contribution is 2.17. The van der Waals surface area contributed by atoms with Crippen LogP contribution in [0.2, 0.25) is 0 Å². The van der Waals surface area contributed by atoms with Crippen molar-refractivity contribution in [2.75, 3.05) is 0 Å². The number of Topliss-reactive ketones (excluding diaryl/α,β-unsaturated/α-hetero) is 1. The summed E-state index contributed by atoms with van der Waals surface area (Å²) in [5, 5.41) is 18.7.